The lowest BCUT2D eigenvalue weighted by Crippen LogP contribution is -2.42. The molecule has 0 aromatic rings. The summed E-state index contributed by atoms with van der Waals surface area (Å²) in [5, 5.41) is 9.71. The van der Waals surface area contributed by atoms with Gasteiger partial charge >= 0.3 is 0 Å². The van der Waals surface area contributed by atoms with Gasteiger partial charge in [0.15, 0.2) is 0 Å². The molecule has 3 atom stereocenters. The van der Waals surface area contributed by atoms with Crippen LogP contribution in [0.2, 0.25) is 0 Å². The van der Waals surface area contributed by atoms with Gasteiger partial charge in [0.05, 0.1) is 17.9 Å². The molecule has 1 heterocycles. The molecule has 2 aliphatic carbocycles. The van der Waals surface area contributed by atoms with Crippen molar-refractivity contribution in [2.75, 3.05) is 0 Å². The number of rotatable bonds is 1. The quantitative estimate of drug-likeness (QED) is 0.734. The third kappa shape index (κ3) is 2.20. The number of carbonyl (C=O) groups excluding carboxylic acids is 2. The average Bonchev–Trinajstić information content (AvgIpc) is 2.63. The molecule has 4 heteroatoms. The molecular weight excluding hydrogens is 242 g/mol. The van der Waals surface area contributed by atoms with E-state index >= 15 is 0 Å². The van der Waals surface area contributed by atoms with E-state index in [-0.39, 0.29) is 29.7 Å². The lowest BCUT2D eigenvalue weighted by atomic mass is 9.80. The summed E-state index contributed by atoms with van der Waals surface area (Å²) in [5.41, 5.74) is 0. The number of nitrogens with zero attached hydrogens (tertiary/aromatic N) is 1. The summed E-state index contributed by atoms with van der Waals surface area (Å²) in [7, 11) is 0. The highest BCUT2D eigenvalue weighted by Gasteiger charge is 2.51. The smallest absolute Gasteiger partial charge is 0.233 e. The SMILES string of the molecule is CC1CCC(N2C(=O)C3CCC(O)CC3C2=O)CC1. The van der Waals surface area contributed by atoms with E-state index in [0.29, 0.717) is 25.2 Å². The molecule has 19 heavy (non-hydrogen) atoms. The minimum atomic E-state index is -0.399. The molecule has 0 aromatic heterocycles. The monoisotopic (exact) mass is 265 g/mol. The third-order valence-corrected chi connectivity index (χ3v) is 5.28. The number of fused-ring (bicyclic) bond motifs is 1. The Hall–Kier alpha value is -0.900. The first-order chi connectivity index (χ1) is 9.08. The predicted molar refractivity (Wildman–Crippen MR) is 70.1 cm³/mol. The minimum absolute atomic E-state index is 0.00620. The zero-order valence-corrected chi connectivity index (χ0v) is 11.5. The maximum atomic E-state index is 12.5. The Kier molecular flexibility index (Phi) is 3.37. The lowest BCUT2D eigenvalue weighted by Gasteiger charge is -2.32. The first-order valence-corrected chi connectivity index (χ1v) is 7.63. The topological polar surface area (TPSA) is 57.6 Å². The second-order valence-corrected chi connectivity index (χ2v) is 6.64. The van der Waals surface area contributed by atoms with Crippen LogP contribution in [0.5, 0.6) is 0 Å². The molecule has 1 saturated heterocycles. The maximum Gasteiger partial charge on any atom is 0.233 e. The van der Waals surface area contributed by atoms with Crippen LogP contribution in [0.3, 0.4) is 0 Å². The number of aliphatic hydroxyl groups excluding tert-OH is 1. The molecule has 0 aromatic carbocycles. The first kappa shape index (κ1) is 13.1. The zero-order valence-electron chi connectivity index (χ0n) is 11.5. The van der Waals surface area contributed by atoms with Crippen LogP contribution in [0, 0.1) is 17.8 Å². The van der Waals surface area contributed by atoms with Crippen molar-refractivity contribution < 1.29 is 14.7 Å². The number of likely N-dealkylation sites (tertiary alicyclic amines) is 1. The fraction of sp³-hybridized carbons (Fsp3) is 0.867. The zero-order chi connectivity index (χ0) is 13.6. The van der Waals surface area contributed by atoms with Gasteiger partial charge in [0.1, 0.15) is 0 Å². The van der Waals surface area contributed by atoms with Crippen LogP contribution in [0.1, 0.15) is 51.9 Å². The fourth-order valence-electron chi connectivity index (χ4n) is 4.04. The summed E-state index contributed by atoms with van der Waals surface area (Å²) in [6.45, 7) is 2.24. The number of aliphatic hydroxyl groups is 1. The molecule has 2 amide bonds. The number of hydrogen-bond donors (Lipinski definition) is 1. The first-order valence-electron chi connectivity index (χ1n) is 7.63. The Balaban J connectivity index is 1.75. The number of hydrogen-bond acceptors (Lipinski definition) is 3. The van der Waals surface area contributed by atoms with Gasteiger partial charge in [-0.3, -0.25) is 14.5 Å². The van der Waals surface area contributed by atoms with E-state index in [1.54, 1.807) is 4.90 Å². The van der Waals surface area contributed by atoms with Crippen LogP contribution < -0.4 is 0 Å². The molecule has 3 rings (SSSR count). The normalized spacial score (nSPS) is 43.5. The highest BCUT2D eigenvalue weighted by molar-refractivity contribution is 6.05. The molecule has 3 aliphatic rings. The van der Waals surface area contributed by atoms with Gasteiger partial charge in [-0.2, -0.15) is 0 Å². The second kappa shape index (κ2) is 4.89. The molecule has 0 spiro atoms. The Morgan fingerprint density at radius 3 is 2.26 bits per heavy atom. The highest BCUT2D eigenvalue weighted by atomic mass is 16.3. The van der Waals surface area contributed by atoms with Gasteiger partial charge in [-0.05, 0) is 50.9 Å². The van der Waals surface area contributed by atoms with Crippen LogP contribution in [-0.2, 0) is 9.59 Å². The summed E-state index contributed by atoms with van der Waals surface area (Å²) < 4.78 is 0. The van der Waals surface area contributed by atoms with Gasteiger partial charge in [-0.15, -0.1) is 0 Å². The summed E-state index contributed by atoms with van der Waals surface area (Å²) in [6, 6.07) is 0.124. The van der Waals surface area contributed by atoms with Crippen LogP contribution in [0.25, 0.3) is 0 Å². The molecule has 1 aliphatic heterocycles. The second-order valence-electron chi connectivity index (χ2n) is 6.64. The lowest BCUT2D eigenvalue weighted by molar-refractivity contribution is -0.143. The third-order valence-electron chi connectivity index (χ3n) is 5.28. The van der Waals surface area contributed by atoms with Crippen LogP contribution in [0.4, 0.5) is 0 Å². The molecular formula is C15H23NO3. The number of imide groups is 1. The summed E-state index contributed by atoms with van der Waals surface area (Å²) in [4.78, 5) is 26.5. The van der Waals surface area contributed by atoms with E-state index in [9.17, 15) is 14.7 Å². The van der Waals surface area contributed by atoms with Gasteiger partial charge in [-0.25, -0.2) is 0 Å². The average molecular weight is 265 g/mol. The maximum absolute atomic E-state index is 12.5. The Bertz CT molecular complexity index is 387. The van der Waals surface area contributed by atoms with Crippen LogP contribution in [0.15, 0.2) is 0 Å². The highest BCUT2D eigenvalue weighted by Crippen LogP contribution is 2.41. The van der Waals surface area contributed by atoms with Crippen molar-refractivity contribution in [1.29, 1.82) is 0 Å². The van der Waals surface area contributed by atoms with E-state index in [1.165, 1.54) is 0 Å². The van der Waals surface area contributed by atoms with Gasteiger partial charge in [0.25, 0.3) is 0 Å². The molecule has 1 N–H and O–H groups in total. The van der Waals surface area contributed by atoms with Crippen molar-refractivity contribution in [3.05, 3.63) is 0 Å². The van der Waals surface area contributed by atoms with E-state index in [2.05, 4.69) is 6.92 Å². The van der Waals surface area contributed by atoms with Crippen molar-refractivity contribution in [2.24, 2.45) is 17.8 Å². The summed E-state index contributed by atoms with van der Waals surface area (Å²) in [5.74, 6) is 0.369. The van der Waals surface area contributed by atoms with Crippen molar-refractivity contribution in [3.8, 4) is 0 Å². The van der Waals surface area contributed by atoms with E-state index in [4.69, 9.17) is 0 Å². The van der Waals surface area contributed by atoms with Crippen molar-refractivity contribution >= 4 is 11.8 Å². The largest absolute Gasteiger partial charge is 0.393 e. The Labute approximate surface area is 114 Å². The standard InChI is InChI=1S/C15H23NO3/c1-9-2-4-10(5-3-9)16-14(18)12-7-6-11(17)8-13(12)15(16)19/h9-13,17H,2-8H2,1H3. The van der Waals surface area contributed by atoms with Crippen molar-refractivity contribution in [3.63, 3.8) is 0 Å². The molecule has 4 nitrogen and oxygen atoms in total. The van der Waals surface area contributed by atoms with Gasteiger partial charge in [0, 0.05) is 6.04 Å². The fourth-order valence-corrected chi connectivity index (χ4v) is 4.04. The molecule has 0 radical (unpaired) electrons. The summed E-state index contributed by atoms with van der Waals surface area (Å²) >= 11 is 0. The molecule has 3 unspecified atom stereocenters. The Morgan fingerprint density at radius 1 is 0.947 bits per heavy atom. The van der Waals surface area contributed by atoms with E-state index in [0.717, 1.165) is 25.7 Å². The number of carbonyl (C=O) groups is 2. The molecule has 3 fully saturated rings. The predicted octanol–water partition coefficient (Wildman–Crippen LogP) is 1.71. The van der Waals surface area contributed by atoms with Crippen molar-refractivity contribution in [1.82, 2.24) is 4.90 Å². The van der Waals surface area contributed by atoms with Gasteiger partial charge in [-0.1, -0.05) is 6.92 Å². The minimum Gasteiger partial charge on any atom is -0.393 e. The van der Waals surface area contributed by atoms with Gasteiger partial charge < -0.3 is 5.11 Å². The van der Waals surface area contributed by atoms with Crippen molar-refractivity contribution in [2.45, 2.75) is 64.0 Å². The van der Waals surface area contributed by atoms with Crippen LogP contribution in [-0.4, -0.2) is 34.0 Å². The van der Waals surface area contributed by atoms with Crippen LogP contribution >= 0.6 is 0 Å². The Morgan fingerprint density at radius 2 is 1.58 bits per heavy atom. The molecule has 0 bridgehead atoms. The number of amides is 2. The summed E-state index contributed by atoms with van der Waals surface area (Å²) in [6.07, 6.45) is 5.56. The molecule has 2 saturated carbocycles. The molecule has 106 valence electrons. The van der Waals surface area contributed by atoms with E-state index < -0.39 is 6.10 Å². The van der Waals surface area contributed by atoms with E-state index in [1.807, 2.05) is 0 Å². The van der Waals surface area contributed by atoms with Gasteiger partial charge in [0.2, 0.25) is 11.8 Å².